The summed E-state index contributed by atoms with van der Waals surface area (Å²) in [6.45, 7) is 11.0. The van der Waals surface area contributed by atoms with Gasteiger partial charge < -0.3 is 10.8 Å². The zero-order chi connectivity index (χ0) is 14.3. The Labute approximate surface area is 115 Å². The Morgan fingerprint density at radius 2 is 1.74 bits per heavy atom. The summed E-state index contributed by atoms with van der Waals surface area (Å²) >= 11 is 0. The number of piperazine rings is 1. The third-order valence-electron chi connectivity index (χ3n) is 4.51. The molecule has 0 aromatic carbocycles. The van der Waals surface area contributed by atoms with E-state index in [0.717, 1.165) is 39.0 Å². The van der Waals surface area contributed by atoms with E-state index in [4.69, 9.17) is 5.73 Å². The van der Waals surface area contributed by atoms with Crippen LogP contribution in [0, 0.1) is 5.92 Å². The summed E-state index contributed by atoms with van der Waals surface area (Å²) < 4.78 is 0. The fourth-order valence-corrected chi connectivity index (χ4v) is 2.92. The minimum absolute atomic E-state index is 0.172. The summed E-state index contributed by atoms with van der Waals surface area (Å²) in [5.41, 5.74) is 5.29. The molecule has 5 heteroatoms. The maximum atomic E-state index is 11.4. The zero-order valence-electron chi connectivity index (χ0n) is 12.4. The van der Waals surface area contributed by atoms with Crippen molar-refractivity contribution >= 4 is 5.97 Å². The molecule has 0 aromatic heterocycles. The second kappa shape index (κ2) is 5.04. The Kier molecular flexibility index (Phi) is 3.91. The fraction of sp³-hybridized carbons (Fsp3) is 0.929. The number of hydrogen-bond acceptors (Lipinski definition) is 4. The summed E-state index contributed by atoms with van der Waals surface area (Å²) in [6, 6.07) is 0. The predicted molar refractivity (Wildman–Crippen MR) is 75.0 cm³/mol. The SMILES string of the molecule is CC(C)(C)N1CCN(CC(N)(C(=O)O)C2CC2)CC1. The van der Waals surface area contributed by atoms with Crippen LogP contribution in [0.5, 0.6) is 0 Å². The maximum Gasteiger partial charge on any atom is 0.325 e. The van der Waals surface area contributed by atoms with Gasteiger partial charge in [-0.25, -0.2) is 0 Å². The van der Waals surface area contributed by atoms with Crippen molar-refractivity contribution in [2.75, 3.05) is 32.7 Å². The van der Waals surface area contributed by atoms with E-state index in [1.165, 1.54) is 0 Å². The average Bonchev–Trinajstić information content (AvgIpc) is 3.12. The van der Waals surface area contributed by atoms with E-state index in [1.807, 2.05) is 0 Å². The molecule has 0 aromatic rings. The van der Waals surface area contributed by atoms with Crippen LogP contribution in [0.4, 0.5) is 0 Å². The number of nitrogens with two attached hydrogens (primary N) is 1. The highest BCUT2D eigenvalue weighted by atomic mass is 16.4. The zero-order valence-corrected chi connectivity index (χ0v) is 12.4. The van der Waals surface area contributed by atoms with Crippen molar-refractivity contribution in [3.8, 4) is 0 Å². The number of carbonyl (C=O) groups is 1. The number of carboxylic acid groups (broad SMARTS) is 1. The predicted octanol–water partition coefficient (Wildman–Crippen LogP) is 0.595. The minimum atomic E-state index is -1.04. The van der Waals surface area contributed by atoms with Gasteiger partial charge in [-0.1, -0.05) is 0 Å². The molecule has 1 saturated carbocycles. The first-order chi connectivity index (χ1) is 8.73. The van der Waals surface area contributed by atoms with Crippen LogP contribution in [0.3, 0.4) is 0 Å². The maximum absolute atomic E-state index is 11.4. The van der Waals surface area contributed by atoms with Crippen molar-refractivity contribution in [2.45, 2.75) is 44.7 Å². The quantitative estimate of drug-likeness (QED) is 0.782. The smallest absolute Gasteiger partial charge is 0.325 e. The van der Waals surface area contributed by atoms with Crippen LogP contribution in [-0.2, 0) is 4.79 Å². The van der Waals surface area contributed by atoms with Gasteiger partial charge in [0.1, 0.15) is 5.54 Å². The Balaban J connectivity index is 1.90. The van der Waals surface area contributed by atoms with Gasteiger partial charge in [-0.15, -0.1) is 0 Å². The molecule has 0 spiro atoms. The Morgan fingerprint density at radius 1 is 1.21 bits per heavy atom. The van der Waals surface area contributed by atoms with Gasteiger partial charge >= 0.3 is 5.97 Å². The highest BCUT2D eigenvalue weighted by molar-refractivity contribution is 5.79. The normalized spacial score (nSPS) is 26.1. The van der Waals surface area contributed by atoms with Crippen LogP contribution in [0.2, 0.25) is 0 Å². The lowest BCUT2D eigenvalue weighted by atomic mass is 9.93. The molecule has 2 rings (SSSR count). The van der Waals surface area contributed by atoms with Gasteiger partial charge in [-0.05, 0) is 39.5 Å². The van der Waals surface area contributed by atoms with E-state index in [1.54, 1.807) is 0 Å². The van der Waals surface area contributed by atoms with Crippen molar-refractivity contribution in [1.29, 1.82) is 0 Å². The molecule has 1 saturated heterocycles. The summed E-state index contributed by atoms with van der Waals surface area (Å²) in [5.74, 6) is -0.668. The second-order valence-electron chi connectivity index (χ2n) is 7.05. The summed E-state index contributed by atoms with van der Waals surface area (Å²) in [6.07, 6.45) is 1.93. The van der Waals surface area contributed by atoms with E-state index in [9.17, 15) is 9.90 Å². The molecule has 0 radical (unpaired) electrons. The first-order valence-electron chi connectivity index (χ1n) is 7.23. The molecule has 19 heavy (non-hydrogen) atoms. The van der Waals surface area contributed by atoms with Crippen LogP contribution in [0.15, 0.2) is 0 Å². The molecular weight excluding hydrogens is 242 g/mol. The lowest BCUT2D eigenvalue weighted by Gasteiger charge is -2.44. The van der Waals surface area contributed by atoms with E-state index in [2.05, 4.69) is 30.6 Å². The Morgan fingerprint density at radius 3 is 2.11 bits per heavy atom. The molecule has 0 bridgehead atoms. The van der Waals surface area contributed by atoms with Crippen LogP contribution in [0.25, 0.3) is 0 Å². The van der Waals surface area contributed by atoms with Crippen LogP contribution in [0.1, 0.15) is 33.6 Å². The third kappa shape index (κ3) is 3.27. The number of nitrogens with zero attached hydrogens (tertiary/aromatic N) is 2. The lowest BCUT2D eigenvalue weighted by molar-refractivity contribution is -0.145. The first-order valence-corrected chi connectivity index (χ1v) is 7.23. The van der Waals surface area contributed by atoms with Gasteiger partial charge in [0.05, 0.1) is 0 Å². The monoisotopic (exact) mass is 269 g/mol. The topological polar surface area (TPSA) is 69.8 Å². The molecule has 0 amide bonds. The van der Waals surface area contributed by atoms with E-state index < -0.39 is 11.5 Å². The van der Waals surface area contributed by atoms with Gasteiger partial charge in [0.25, 0.3) is 0 Å². The van der Waals surface area contributed by atoms with Crippen LogP contribution in [-0.4, -0.2) is 64.7 Å². The van der Waals surface area contributed by atoms with Gasteiger partial charge in [-0.3, -0.25) is 14.6 Å². The average molecular weight is 269 g/mol. The molecule has 2 fully saturated rings. The highest BCUT2D eigenvalue weighted by Crippen LogP contribution is 2.39. The fourth-order valence-electron chi connectivity index (χ4n) is 2.92. The first kappa shape index (κ1) is 14.8. The number of rotatable bonds is 4. The van der Waals surface area contributed by atoms with Crippen LogP contribution < -0.4 is 5.73 Å². The number of hydrogen-bond donors (Lipinski definition) is 2. The number of aliphatic carboxylic acids is 1. The molecule has 110 valence electrons. The molecule has 1 aliphatic heterocycles. The van der Waals surface area contributed by atoms with E-state index in [-0.39, 0.29) is 11.5 Å². The molecule has 1 aliphatic carbocycles. The minimum Gasteiger partial charge on any atom is -0.480 e. The van der Waals surface area contributed by atoms with Gasteiger partial charge in [0.2, 0.25) is 0 Å². The largest absolute Gasteiger partial charge is 0.480 e. The summed E-state index contributed by atoms with van der Waals surface area (Å²) in [5, 5.41) is 9.39. The Bertz CT molecular complexity index is 341. The van der Waals surface area contributed by atoms with Crippen molar-refractivity contribution in [2.24, 2.45) is 11.7 Å². The van der Waals surface area contributed by atoms with Crippen molar-refractivity contribution in [1.82, 2.24) is 9.80 Å². The van der Waals surface area contributed by atoms with Gasteiger partial charge in [-0.2, -0.15) is 0 Å². The molecule has 1 unspecified atom stereocenters. The molecule has 3 N–H and O–H groups in total. The van der Waals surface area contributed by atoms with Gasteiger partial charge in [0, 0.05) is 38.3 Å². The summed E-state index contributed by atoms with van der Waals surface area (Å²) in [7, 11) is 0. The molecular formula is C14H27N3O2. The highest BCUT2D eigenvalue weighted by Gasteiger charge is 2.49. The van der Waals surface area contributed by atoms with Crippen molar-refractivity contribution in [3.63, 3.8) is 0 Å². The number of carboxylic acids is 1. The van der Waals surface area contributed by atoms with Crippen molar-refractivity contribution < 1.29 is 9.90 Å². The van der Waals surface area contributed by atoms with Gasteiger partial charge in [0.15, 0.2) is 0 Å². The standard InChI is InChI=1S/C14H27N3O2/c1-13(2,3)17-8-6-16(7-9-17)10-14(15,12(18)19)11-4-5-11/h11H,4-10,15H2,1-3H3,(H,18,19). The van der Waals surface area contributed by atoms with E-state index in [0.29, 0.717) is 6.54 Å². The molecule has 2 aliphatic rings. The molecule has 1 atom stereocenters. The molecule has 5 nitrogen and oxygen atoms in total. The third-order valence-corrected chi connectivity index (χ3v) is 4.51. The Hall–Kier alpha value is -0.650. The van der Waals surface area contributed by atoms with Crippen molar-refractivity contribution in [3.05, 3.63) is 0 Å². The van der Waals surface area contributed by atoms with Crippen LogP contribution >= 0.6 is 0 Å². The molecule has 1 heterocycles. The lowest BCUT2D eigenvalue weighted by Crippen LogP contribution is -2.61. The summed E-state index contributed by atoms with van der Waals surface area (Å²) in [4.78, 5) is 16.1. The van der Waals surface area contributed by atoms with E-state index >= 15 is 0 Å². The second-order valence-corrected chi connectivity index (χ2v) is 7.05.